The summed E-state index contributed by atoms with van der Waals surface area (Å²) in [6.07, 6.45) is 1.68. The van der Waals surface area contributed by atoms with Crippen molar-refractivity contribution in [2.24, 2.45) is 0 Å². The van der Waals surface area contributed by atoms with E-state index in [1.807, 2.05) is 25.1 Å². The van der Waals surface area contributed by atoms with Crippen LogP contribution in [-0.2, 0) is 0 Å². The zero-order valence-corrected chi connectivity index (χ0v) is 12.1. The van der Waals surface area contributed by atoms with Gasteiger partial charge < -0.3 is 5.32 Å². The van der Waals surface area contributed by atoms with Crippen molar-refractivity contribution < 1.29 is 4.79 Å². The maximum Gasteiger partial charge on any atom is 0.271 e. The molecule has 0 bridgehead atoms. The van der Waals surface area contributed by atoms with E-state index in [-0.39, 0.29) is 5.91 Å². The van der Waals surface area contributed by atoms with Crippen molar-refractivity contribution in [3.63, 3.8) is 0 Å². The van der Waals surface area contributed by atoms with Crippen molar-refractivity contribution in [3.05, 3.63) is 41.7 Å². The first-order valence-corrected chi connectivity index (χ1v) is 7.13. The zero-order chi connectivity index (χ0) is 14.5. The number of rotatable bonds is 4. The third-order valence-corrected chi connectivity index (χ3v) is 3.65. The van der Waals surface area contributed by atoms with Gasteiger partial charge in [0.2, 0.25) is 0 Å². The van der Waals surface area contributed by atoms with Crippen molar-refractivity contribution in [1.29, 1.82) is 5.26 Å². The van der Waals surface area contributed by atoms with E-state index in [1.54, 1.807) is 35.8 Å². The fraction of sp³-hybridized carbons (Fsp3) is 0.214. The van der Waals surface area contributed by atoms with Gasteiger partial charge in [0.15, 0.2) is 5.69 Å². The van der Waals surface area contributed by atoms with Gasteiger partial charge in [-0.1, -0.05) is 13.0 Å². The van der Waals surface area contributed by atoms with Gasteiger partial charge in [-0.05, 0) is 24.0 Å². The standard InChI is InChI=1S/C14H14N4OS/c1-3-20-13-6-4-5-12(10(13)9-15)18-8-7-11(17-18)14(19)16-2/h4-8H,3H2,1-2H3,(H,16,19). The molecule has 2 aromatic rings. The van der Waals surface area contributed by atoms with Crippen LogP contribution < -0.4 is 5.32 Å². The van der Waals surface area contributed by atoms with Gasteiger partial charge in [-0.2, -0.15) is 10.4 Å². The molecule has 0 aliphatic carbocycles. The number of benzene rings is 1. The number of aromatic nitrogens is 2. The average Bonchev–Trinajstić information content (AvgIpc) is 2.96. The number of thioether (sulfide) groups is 1. The van der Waals surface area contributed by atoms with Crippen molar-refractivity contribution in [2.45, 2.75) is 11.8 Å². The van der Waals surface area contributed by atoms with Crippen LogP contribution in [0.3, 0.4) is 0 Å². The van der Waals surface area contributed by atoms with Crippen LogP contribution in [0.15, 0.2) is 35.4 Å². The van der Waals surface area contributed by atoms with Crippen molar-refractivity contribution in [1.82, 2.24) is 15.1 Å². The molecule has 0 aliphatic heterocycles. The van der Waals surface area contributed by atoms with E-state index in [4.69, 9.17) is 0 Å². The molecule has 1 aromatic carbocycles. The second kappa shape index (κ2) is 6.26. The summed E-state index contributed by atoms with van der Waals surface area (Å²) >= 11 is 1.61. The Bertz CT molecular complexity index is 672. The van der Waals surface area contributed by atoms with Crippen LogP contribution in [-0.4, -0.2) is 28.5 Å². The molecule has 0 atom stereocenters. The smallest absolute Gasteiger partial charge is 0.271 e. The number of carbonyl (C=O) groups is 1. The monoisotopic (exact) mass is 286 g/mol. The Morgan fingerprint density at radius 2 is 2.30 bits per heavy atom. The van der Waals surface area contributed by atoms with Gasteiger partial charge in [0, 0.05) is 18.1 Å². The SMILES string of the molecule is CCSc1cccc(-n2ccc(C(=O)NC)n2)c1C#N. The Balaban J connectivity index is 2.47. The topological polar surface area (TPSA) is 70.7 Å². The van der Waals surface area contributed by atoms with Crippen LogP contribution in [0.5, 0.6) is 0 Å². The average molecular weight is 286 g/mol. The number of hydrogen-bond donors (Lipinski definition) is 1. The maximum absolute atomic E-state index is 11.5. The van der Waals surface area contributed by atoms with Crippen molar-refractivity contribution in [3.8, 4) is 11.8 Å². The predicted molar refractivity (Wildman–Crippen MR) is 78.1 cm³/mol. The quantitative estimate of drug-likeness (QED) is 0.875. The van der Waals surface area contributed by atoms with Gasteiger partial charge >= 0.3 is 0 Å². The van der Waals surface area contributed by atoms with Crippen molar-refractivity contribution in [2.75, 3.05) is 12.8 Å². The molecule has 6 heteroatoms. The first kappa shape index (κ1) is 14.2. The first-order valence-electron chi connectivity index (χ1n) is 6.15. The Hall–Kier alpha value is -2.26. The molecule has 0 saturated heterocycles. The van der Waals surface area contributed by atoms with E-state index < -0.39 is 0 Å². The number of nitrogens with one attached hydrogen (secondary N) is 1. The minimum absolute atomic E-state index is 0.249. The van der Waals surface area contributed by atoms with Gasteiger partial charge in [-0.15, -0.1) is 11.8 Å². The maximum atomic E-state index is 11.5. The third kappa shape index (κ3) is 2.68. The molecule has 0 saturated carbocycles. The van der Waals surface area contributed by atoms with Crippen LogP contribution in [0.1, 0.15) is 23.0 Å². The summed E-state index contributed by atoms with van der Waals surface area (Å²) in [7, 11) is 1.56. The van der Waals surface area contributed by atoms with Crippen molar-refractivity contribution >= 4 is 17.7 Å². The highest BCUT2D eigenvalue weighted by atomic mass is 32.2. The second-order valence-corrected chi connectivity index (χ2v) is 5.23. The molecule has 0 aliphatic rings. The van der Waals surface area contributed by atoms with Gasteiger partial charge in [0.05, 0.1) is 11.3 Å². The molecule has 2 rings (SSSR count). The predicted octanol–water partition coefficient (Wildman–Crippen LogP) is 2.22. The molecular formula is C14H14N4OS. The van der Waals surface area contributed by atoms with Gasteiger partial charge in [0.25, 0.3) is 5.91 Å². The lowest BCUT2D eigenvalue weighted by atomic mass is 10.2. The van der Waals surface area contributed by atoms with Crippen LogP contribution in [0.4, 0.5) is 0 Å². The highest BCUT2D eigenvalue weighted by molar-refractivity contribution is 7.99. The van der Waals surface area contributed by atoms with E-state index in [0.717, 1.165) is 10.6 Å². The van der Waals surface area contributed by atoms with Gasteiger partial charge in [-0.25, -0.2) is 4.68 Å². The highest BCUT2D eigenvalue weighted by Crippen LogP contribution is 2.26. The molecule has 0 fully saturated rings. The summed E-state index contributed by atoms with van der Waals surface area (Å²) < 4.78 is 1.56. The van der Waals surface area contributed by atoms with E-state index >= 15 is 0 Å². The first-order chi connectivity index (χ1) is 9.71. The number of nitriles is 1. The molecular weight excluding hydrogens is 272 g/mol. The molecule has 0 spiro atoms. The Morgan fingerprint density at radius 1 is 1.50 bits per heavy atom. The molecule has 1 heterocycles. The molecule has 5 nitrogen and oxygen atoms in total. The van der Waals surface area contributed by atoms with Crippen LogP contribution >= 0.6 is 11.8 Å². The number of nitrogens with zero attached hydrogens (tertiary/aromatic N) is 3. The van der Waals surface area contributed by atoms with E-state index in [9.17, 15) is 10.1 Å². The fourth-order valence-corrected chi connectivity index (χ4v) is 2.59. The Morgan fingerprint density at radius 3 is 2.95 bits per heavy atom. The minimum Gasteiger partial charge on any atom is -0.354 e. The molecule has 1 amide bonds. The summed E-state index contributed by atoms with van der Waals surface area (Å²) in [4.78, 5) is 12.4. The van der Waals surface area contributed by atoms with E-state index in [2.05, 4.69) is 16.5 Å². The van der Waals surface area contributed by atoms with Gasteiger partial charge in [-0.3, -0.25) is 4.79 Å². The number of hydrogen-bond acceptors (Lipinski definition) is 4. The molecule has 0 radical (unpaired) electrons. The fourth-order valence-electron chi connectivity index (χ4n) is 1.81. The molecule has 20 heavy (non-hydrogen) atoms. The lowest BCUT2D eigenvalue weighted by Gasteiger charge is -2.08. The second-order valence-electron chi connectivity index (χ2n) is 3.92. The molecule has 102 valence electrons. The minimum atomic E-state index is -0.249. The molecule has 1 aromatic heterocycles. The molecule has 1 N–H and O–H groups in total. The van der Waals surface area contributed by atoms with Crippen LogP contribution in [0.25, 0.3) is 5.69 Å². The summed E-state index contributed by atoms with van der Waals surface area (Å²) in [5.41, 5.74) is 1.58. The lowest BCUT2D eigenvalue weighted by Crippen LogP contribution is -2.18. The highest BCUT2D eigenvalue weighted by Gasteiger charge is 2.13. The summed E-state index contributed by atoms with van der Waals surface area (Å²) in [5.74, 6) is 0.641. The van der Waals surface area contributed by atoms with Crippen LogP contribution in [0.2, 0.25) is 0 Å². The lowest BCUT2D eigenvalue weighted by molar-refractivity contribution is 0.0957. The summed E-state index contributed by atoms with van der Waals surface area (Å²) in [6, 6.07) is 9.46. The largest absolute Gasteiger partial charge is 0.354 e. The summed E-state index contributed by atoms with van der Waals surface area (Å²) in [6.45, 7) is 2.04. The Kier molecular flexibility index (Phi) is 4.43. The molecule has 0 unspecified atom stereocenters. The van der Waals surface area contributed by atoms with E-state index in [0.29, 0.717) is 16.9 Å². The van der Waals surface area contributed by atoms with Crippen LogP contribution in [0, 0.1) is 11.3 Å². The normalized spacial score (nSPS) is 10.1. The van der Waals surface area contributed by atoms with E-state index in [1.165, 1.54) is 0 Å². The zero-order valence-electron chi connectivity index (χ0n) is 11.3. The number of amides is 1. The van der Waals surface area contributed by atoms with Gasteiger partial charge in [0.1, 0.15) is 6.07 Å². The Labute approximate surface area is 121 Å². The third-order valence-electron chi connectivity index (χ3n) is 2.71. The number of carbonyl (C=O) groups excluding carboxylic acids is 1. The summed E-state index contributed by atoms with van der Waals surface area (Å²) in [5, 5.41) is 16.1.